The molecule has 7 nitrogen and oxygen atoms in total. The quantitative estimate of drug-likeness (QED) is 0.507. The molecule has 1 aromatic carbocycles. The van der Waals surface area contributed by atoms with Crippen LogP contribution in [0, 0.1) is 0 Å². The Labute approximate surface area is 138 Å². The molecule has 0 radical (unpaired) electrons. The number of benzene rings is 1. The summed E-state index contributed by atoms with van der Waals surface area (Å²) in [5.74, 6) is 0. The molecular weight excluding hydrogens is 308 g/mol. The van der Waals surface area contributed by atoms with E-state index in [1.165, 1.54) is 4.57 Å². The van der Waals surface area contributed by atoms with Gasteiger partial charge in [-0.15, -0.1) is 0 Å². The van der Waals surface area contributed by atoms with E-state index in [1.54, 1.807) is 18.6 Å². The second-order valence-corrected chi connectivity index (χ2v) is 5.72. The summed E-state index contributed by atoms with van der Waals surface area (Å²) < 4.78 is 3.38. The number of imidazole rings is 1. The van der Waals surface area contributed by atoms with Gasteiger partial charge in [-0.05, 0) is 31.0 Å². The van der Waals surface area contributed by atoms with Gasteiger partial charge in [0.05, 0.1) is 17.4 Å². The first-order chi connectivity index (χ1) is 11.7. The van der Waals surface area contributed by atoms with E-state index in [2.05, 4.69) is 9.97 Å². The largest absolute Gasteiger partial charge is 0.396 e. The Balaban J connectivity index is 1.98. The van der Waals surface area contributed by atoms with E-state index < -0.39 is 11.1 Å². The van der Waals surface area contributed by atoms with Crippen LogP contribution in [0.3, 0.4) is 0 Å². The first-order valence-corrected chi connectivity index (χ1v) is 8.07. The van der Waals surface area contributed by atoms with Crippen LogP contribution in [0.1, 0.15) is 25.7 Å². The lowest BCUT2D eigenvalue weighted by molar-refractivity contribution is 0.282. The third kappa shape index (κ3) is 3.30. The number of aliphatic hydroxyl groups excluding tert-OH is 1. The minimum Gasteiger partial charge on any atom is -0.396 e. The minimum absolute atomic E-state index is 0.183. The molecule has 2 N–H and O–H groups in total. The second kappa shape index (κ2) is 7.27. The average Bonchev–Trinajstić information content (AvgIpc) is 3.12. The van der Waals surface area contributed by atoms with Crippen LogP contribution in [0.15, 0.2) is 46.5 Å². The zero-order valence-electron chi connectivity index (χ0n) is 13.3. The van der Waals surface area contributed by atoms with E-state index in [4.69, 9.17) is 5.11 Å². The fourth-order valence-electron chi connectivity index (χ4n) is 2.79. The van der Waals surface area contributed by atoms with E-state index >= 15 is 0 Å². The molecule has 0 atom stereocenters. The van der Waals surface area contributed by atoms with Gasteiger partial charge >= 0.3 is 11.1 Å². The molecule has 0 saturated carbocycles. The fraction of sp³-hybridized carbons (Fsp3) is 0.353. The minimum atomic E-state index is -0.603. The second-order valence-electron chi connectivity index (χ2n) is 5.72. The topological polar surface area (TPSA) is 92.9 Å². The molecule has 3 rings (SSSR count). The molecule has 0 aliphatic rings. The normalized spacial score (nSPS) is 11.2. The van der Waals surface area contributed by atoms with Gasteiger partial charge in [-0.25, -0.2) is 4.98 Å². The Morgan fingerprint density at radius 1 is 1.12 bits per heavy atom. The summed E-state index contributed by atoms with van der Waals surface area (Å²) in [5.41, 5.74) is 1.08. The summed E-state index contributed by atoms with van der Waals surface area (Å²) in [6.45, 7) is 0.667. The summed E-state index contributed by atoms with van der Waals surface area (Å²) in [6.07, 6.45) is 8.55. The Kier molecular flexibility index (Phi) is 4.90. The molecule has 3 aromatic rings. The van der Waals surface area contributed by atoms with Gasteiger partial charge in [0.15, 0.2) is 0 Å². The smallest absolute Gasteiger partial charge is 0.316 e. The zero-order valence-corrected chi connectivity index (χ0v) is 13.3. The average molecular weight is 328 g/mol. The molecule has 2 aromatic heterocycles. The first kappa shape index (κ1) is 16.2. The number of aromatic nitrogens is 4. The number of H-pyrrole nitrogens is 1. The third-order valence-electron chi connectivity index (χ3n) is 4.05. The molecule has 0 spiro atoms. The van der Waals surface area contributed by atoms with Gasteiger partial charge in [0.2, 0.25) is 0 Å². The van der Waals surface area contributed by atoms with Crippen molar-refractivity contribution < 1.29 is 5.11 Å². The number of unbranched alkanes of at least 4 members (excludes halogenated alkanes) is 3. The summed E-state index contributed by atoms with van der Waals surface area (Å²) in [5, 5.41) is 8.82. The van der Waals surface area contributed by atoms with Crippen LogP contribution in [0.25, 0.3) is 16.7 Å². The van der Waals surface area contributed by atoms with Crippen molar-refractivity contribution in [3.05, 3.63) is 57.6 Å². The highest BCUT2D eigenvalue weighted by Gasteiger charge is 2.09. The van der Waals surface area contributed by atoms with Crippen molar-refractivity contribution in [1.82, 2.24) is 19.1 Å². The Morgan fingerprint density at radius 3 is 2.71 bits per heavy atom. The van der Waals surface area contributed by atoms with Crippen molar-refractivity contribution in [2.24, 2.45) is 0 Å². The SMILES string of the molecule is O=c1[nH]c2ccc(-n3ccnc3)cc2n(CCCCCCO)c1=O. The van der Waals surface area contributed by atoms with Crippen LogP contribution >= 0.6 is 0 Å². The van der Waals surface area contributed by atoms with Crippen molar-refractivity contribution in [3.8, 4) is 5.69 Å². The number of fused-ring (bicyclic) bond motifs is 1. The molecule has 0 aliphatic heterocycles. The lowest BCUT2D eigenvalue weighted by Gasteiger charge is -2.11. The number of aliphatic hydroxyl groups is 1. The molecule has 24 heavy (non-hydrogen) atoms. The maximum absolute atomic E-state index is 12.3. The van der Waals surface area contributed by atoms with Crippen molar-refractivity contribution in [1.29, 1.82) is 0 Å². The molecule has 0 aliphatic carbocycles. The monoisotopic (exact) mass is 328 g/mol. The number of hydrogen-bond donors (Lipinski definition) is 2. The van der Waals surface area contributed by atoms with Crippen LogP contribution in [0.4, 0.5) is 0 Å². The van der Waals surface area contributed by atoms with Gasteiger partial charge in [-0.3, -0.25) is 9.59 Å². The number of nitrogens with zero attached hydrogens (tertiary/aromatic N) is 3. The summed E-state index contributed by atoms with van der Waals surface area (Å²) in [7, 11) is 0. The highest BCUT2D eigenvalue weighted by molar-refractivity contribution is 5.77. The highest BCUT2D eigenvalue weighted by Crippen LogP contribution is 2.16. The van der Waals surface area contributed by atoms with Gasteiger partial charge in [-0.1, -0.05) is 12.8 Å². The number of aryl methyl sites for hydroxylation is 1. The predicted octanol–water partition coefficient (Wildman–Crippen LogP) is 1.43. The number of nitrogens with one attached hydrogen (secondary N) is 1. The summed E-state index contributed by atoms with van der Waals surface area (Å²) >= 11 is 0. The Morgan fingerprint density at radius 2 is 1.96 bits per heavy atom. The van der Waals surface area contributed by atoms with E-state index in [-0.39, 0.29) is 6.61 Å². The van der Waals surface area contributed by atoms with Gasteiger partial charge in [0.25, 0.3) is 0 Å². The molecule has 0 saturated heterocycles. The molecular formula is C17H20N4O3. The van der Waals surface area contributed by atoms with Crippen molar-refractivity contribution >= 4 is 11.0 Å². The van der Waals surface area contributed by atoms with Gasteiger partial charge in [-0.2, -0.15) is 0 Å². The number of rotatable bonds is 7. The van der Waals surface area contributed by atoms with Crippen LogP contribution in [-0.4, -0.2) is 30.8 Å². The zero-order chi connectivity index (χ0) is 16.9. The molecule has 7 heteroatoms. The third-order valence-corrected chi connectivity index (χ3v) is 4.05. The van der Waals surface area contributed by atoms with Crippen LogP contribution in [0.5, 0.6) is 0 Å². The first-order valence-electron chi connectivity index (χ1n) is 8.07. The van der Waals surface area contributed by atoms with Crippen molar-refractivity contribution in [2.45, 2.75) is 32.2 Å². The molecule has 0 unspecified atom stereocenters. The maximum Gasteiger partial charge on any atom is 0.316 e. The maximum atomic E-state index is 12.3. The number of aromatic amines is 1. The van der Waals surface area contributed by atoms with Crippen molar-refractivity contribution in [2.75, 3.05) is 6.61 Å². The van der Waals surface area contributed by atoms with Crippen LogP contribution in [0.2, 0.25) is 0 Å². The molecule has 2 heterocycles. The fourth-order valence-corrected chi connectivity index (χ4v) is 2.79. The summed E-state index contributed by atoms with van der Waals surface area (Å²) in [6, 6.07) is 5.55. The highest BCUT2D eigenvalue weighted by atomic mass is 16.3. The molecule has 0 bridgehead atoms. The lowest BCUT2D eigenvalue weighted by atomic mass is 10.2. The Bertz CT molecular complexity index is 925. The molecule has 126 valence electrons. The molecule has 0 fully saturated rings. The predicted molar refractivity (Wildman–Crippen MR) is 91.5 cm³/mol. The van der Waals surface area contributed by atoms with Gasteiger partial charge < -0.3 is 19.2 Å². The number of hydrogen-bond acceptors (Lipinski definition) is 4. The standard InChI is InChI=1S/C17H20N4O3/c22-10-4-2-1-3-8-21-15-11-13(20-9-7-18-12-20)5-6-14(15)19-16(23)17(21)24/h5-7,9,11-12,22H,1-4,8,10H2,(H,19,23). The van der Waals surface area contributed by atoms with E-state index in [0.29, 0.717) is 17.6 Å². The van der Waals surface area contributed by atoms with Crippen molar-refractivity contribution in [3.63, 3.8) is 0 Å². The van der Waals surface area contributed by atoms with Gasteiger partial charge in [0.1, 0.15) is 0 Å². The van der Waals surface area contributed by atoms with E-state index in [1.807, 2.05) is 22.9 Å². The summed E-state index contributed by atoms with van der Waals surface area (Å²) in [4.78, 5) is 30.8. The van der Waals surface area contributed by atoms with Crippen LogP contribution in [-0.2, 0) is 6.54 Å². The van der Waals surface area contributed by atoms with E-state index in [9.17, 15) is 9.59 Å². The van der Waals surface area contributed by atoms with Crippen LogP contribution < -0.4 is 11.1 Å². The Hall–Kier alpha value is -2.67. The lowest BCUT2D eigenvalue weighted by Crippen LogP contribution is -2.36. The van der Waals surface area contributed by atoms with E-state index in [0.717, 1.165) is 31.4 Å². The molecule has 0 amide bonds. The van der Waals surface area contributed by atoms with Gasteiger partial charge in [0, 0.05) is 31.2 Å².